The number of hydrogen-bond acceptors (Lipinski definition) is 4. The van der Waals surface area contributed by atoms with Crippen molar-refractivity contribution < 1.29 is 19.0 Å². The first-order chi connectivity index (χ1) is 9.29. The molecule has 0 bridgehead atoms. The van der Waals surface area contributed by atoms with Gasteiger partial charge in [-0.1, -0.05) is 19.3 Å². The number of carbonyl (C=O) groups is 1. The van der Waals surface area contributed by atoms with E-state index in [4.69, 9.17) is 14.2 Å². The summed E-state index contributed by atoms with van der Waals surface area (Å²) in [4.78, 5) is 12.5. The van der Waals surface area contributed by atoms with E-state index in [-0.39, 0.29) is 23.4 Å². The van der Waals surface area contributed by atoms with E-state index in [0.29, 0.717) is 19.8 Å². The van der Waals surface area contributed by atoms with Gasteiger partial charge in [0.25, 0.3) is 0 Å². The van der Waals surface area contributed by atoms with Crippen LogP contribution >= 0.6 is 0 Å². The highest BCUT2D eigenvalue weighted by atomic mass is 16.6. The van der Waals surface area contributed by atoms with Gasteiger partial charge in [-0.3, -0.25) is 4.79 Å². The predicted molar refractivity (Wildman–Crippen MR) is 70.1 cm³/mol. The van der Waals surface area contributed by atoms with E-state index in [9.17, 15) is 4.79 Å². The van der Waals surface area contributed by atoms with Crippen molar-refractivity contribution in [2.75, 3.05) is 26.4 Å². The lowest BCUT2D eigenvalue weighted by Crippen LogP contribution is -2.47. The molecule has 2 atom stereocenters. The number of hydrogen-bond donors (Lipinski definition) is 0. The third kappa shape index (κ3) is 3.01. The quantitative estimate of drug-likeness (QED) is 0.769. The van der Waals surface area contributed by atoms with Crippen LogP contribution in [0.3, 0.4) is 0 Å². The first-order valence-electron chi connectivity index (χ1n) is 7.66. The van der Waals surface area contributed by atoms with Gasteiger partial charge in [-0.2, -0.15) is 0 Å². The minimum atomic E-state index is -0.336. The normalized spacial score (nSPS) is 35.2. The van der Waals surface area contributed by atoms with Gasteiger partial charge in [0.1, 0.15) is 6.10 Å². The molecule has 1 saturated carbocycles. The summed E-state index contributed by atoms with van der Waals surface area (Å²) in [6, 6.07) is 0. The summed E-state index contributed by atoms with van der Waals surface area (Å²) in [6.45, 7) is 2.32. The maximum absolute atomic E-state index is 12.5. The van der Waals surface area contributed by atoms with E-state index >= 15 is 0 Å². The second-order valence-corrected chi connectivity index (χ2v) is 6.12. The summed E-state index contributed by atoms with van der Waals surface area (Å²) in [5.74, 6) is 0.353. The van der Waals surface area contributed by atoms with E-state index in [0.717, 1.165) is 32.3 Å². The van der Waals surface area contributed by atoms with Crippen molar-refractivity contribution in [3.05, 3.63) is 0 Å². The van der Waals surface area contributed by atoms with Gasteiger partial charge in [0.2, 0.25) is 0 Å². The Bertz CT molecular complexity index is 311. The van der Waals surface area contributed by atoms with Gasteiger partial charge in [-0.25, -0.2) is 0 Å². The Kier molecular flexibility index (Phi) is 4.20. The molecule has 0 radical (unpaired) electrons. The van der Waals surface area contributed by atoms with Crippen LogP contribution in [0.1, 0.15) is 44.9 Å². The molecule has 0 aromatic carbocycles. The van der Waals surface area contributed by atoms with E-state index in [1.807, 2.05) is 0 Å². The van der Waals surface area contributed by atoms with Gasteiger partial charge in [-0.15, -0.1) is 0 Å². The molecule has 108 valence electrons. The molecule has 0 amide bonds. The molecule has 0 N–H and O–H groups in total. The van der Waals surface area contributed by atoms with Crippen LogP contribution in [0.15, 0.2) is 0 Å². The molecule has 4 nitrogen and oxygen atoms in total. The molecule has 0 aromatic heterocycles. The van der Waals surface area contributed by atoms with Crippen LogP contribution in [0, 0.1) is 5.92 Å². The molecule has 3 fully saturated rings. The average molecular weight is 268 g/mol. The highest BCUT2D eigenvalue weighted by Crippen LogP contribution is 2.41. The monoisotopic (exact) mass is 268 g/mol. The SMILES string of the molecule is O=C(C1CCOC2(CCCCC2)C1)C1COCCO1. The fourth-order valence-corrected chi connectivity index (χ4v) is 3.73. The zero-order chi connectivity index (χ0) is 13.1. The molecule has 3 rings (SSSR count). The van der Waals surface area contributed by atoms with E-state index < -0.39 is 0 Å². The number of Topliss-reactive ketones (excluding diaryl/α,β-unsaturated/α-hetero) is 1. The van der Waals surface area contributed by atoms with Crippen LogP contribution in [0.5, 0.6) is 0 Å². The fraction of sp³-hybridized carbons (Fsp3) is 0.933. The Balaban J connectivity index is 1.62. The van der Waals surface area contributed by atoms with Gasteiger partial charge in [0.05, 0.1) is 25.4 Å². The van der Waals surface area contributed by atoms with E-state index in [1.54, 1.807) is 0 Å². The van der Waals surface area contributed by atoms with Gasteiger partial charge < -0.3 is 14.2 Å². The van der Waals surface area contributed by atoms with E-state index in [1.165, 1.54) is 19.3 Å². The highest BCUT2D eigenvalue weighted by molar-refractivity contribution is 5.85. The molecule has 0 aromatic rings. The molecule has 19 heavy (non-hydrogen) atoms. The van der Waals surface area contributed by atoms with Crippen molar-refractivity contribution in [1.29, 1.82) is 0 Å². The summed E-state index contributed by atoms with van der Waals surface area (Å²) >= 11 is 0. The lowest BCUT2D eigenvalue weighted by molar-refractivity contribution is -0.162. The number of ether oxygens (including phenoxy) is 3. The van der Waals surface area contributed by atoms with Gasteiger partial charge in [0.15, 0.2) is 5.78 Å². The molecule has 2 unspecified atom stereocenters. The van der Waals surface area contributed by atoms with Crippen molar-refractivity contribution in [3.63, 3.8) is 0 Å². The van der Waals surface area contributed by atoms with Crippen molar-refractivity contribution >= 4 is 5.78 Å². The summed E-state index contributed by atoms with van der Waals surface area (Å²) in [5.41, 5.74) is -0.00759. The molecule has 4 heteroatoms. The Hall–Kier alpha value is -0.450. The topological polar surface area (TPSA) is 44.8 Å². The van der Waals surface area contributed by atoms with Gasteiger partial charge in [0, 0.05) is 12.5 Å². The number of ketones is 1. The van der Waals surface area contributed by atoms with Crippen molar-refractivity contribution in [2.24, 2.45) is 5.92 Å². The Morgan fingerprint density at radius 2 is 1.89 bits per heavy atom. The molecule has 2 saturated heterocycles. The zero-order valence-corrected chi connectivity index (χ0v) is 11.6. The minimum absolute atomic E-state index is 0.00759. The largest absolute Gasteiger partial charge is 0.376 e. The lowest BCUT2D eigenvalue weighted by atomic mass is 9.74. The van der Waals surface area contributed by atoms with Crippen LogP contribution < -0.4 is 0 Å². The molecule has 1 aliphatic carbocycles. The molecule has 3 aliphatic rings. The first kappa shape index (κ1) is 13.5. The Labute approximate surface area is 114 Å². The van der Waals surface area contributed by atoms with Crippen molar-refractivity contribution in [1.82, 2.24) is 0 Å². The van der Waals surface area contributed by atoms with Crippen molar-refractivity contribution in [2.45, 2.75) is 56.7 Å². The minimum Gasteiger partial charge on any atom is -0.376 e. The molecular weight excluding hydrogens is 244 g/mol. The van der Waals surface area contributed by atoms with Gasteiger partial charge >= 0.3 is 0 Å². The summed E-state index contributed by atoms with van der Waals surface area (Å²) in [6.07, 6.45) is 7.44. The molecule has 2 aliphatic heterocycles. The first-order valence-corrected chi connectivity index (χ1v) is 7.66. The Morgan fingerprint density at radius 1 is 1.05 bits per heavy atom. The summed E-state index contributed by atoms with van der Waals surface area (Å²) < 4.78 is 17.0. The molecule has 2 heterocycles. The molecular formula is C15H24O4. The maximum atomic E-state index is 12.5. The van der Waals surface area contributed by atoms with Crippen LogP contribution in [0.4, 0.5) is 0 Å². The smallest absolute Gasteiger partial charge is 0.167 e. The van der Waals surface area contributed by atoms with Crippen LogP contribution in [0.2, 0.25) is 0 Å². The number of rotatable bonds is 2. The van der Waals surface area contributed by atoms with Crippen LogP contribution in [0.25, 0.3) is 0 Å². The second-order valence-electron chi connectivity index (χ2n) is 6.12. The second kappa shape index (κ2) is 5.90. The lowest BCUT2D eigenvalue weighted by Gasteiger charge is -2.43. The molecule has 1 spiro atoms. The van der Waals surface area contributed by atoms with E-state index in [2.05, 4.69) is 0 Å². The Morgan fingerprint density at radius 3 is 2.63 bits per heavy atom. The summed E-state index contributed by atoms with van der Waals surface area (Å²) in [7, 11) is 0. The van der Waals surface area contributed by atoms with Crippen LogP contribution in [-0.4, -0.2) is 43.9 Å². The van der Waals surface area contributed by atoms with Crippen molar-refractivity contribution in [3.8, 4) is 0 Å². The fourth-order valence-electron chi connectivity index (χ4n) is 3.73. The third-order valence-corrected chi connectivity index (χ3v) is 4.79. The standard InChI is InChI=1S/C15H24O4/c16-14(13-11-17-8-9-18-13)12-4-7-19-15(10-12)5-2-1-3-6-15/h12-13H,1-11H2. The van der Waals surface area contributed by atoms with Gasteiger partial charge in [-0.05, 0) is 25.7 Å². The highest BCUT2D eigenvalue weighted by Gasteiger charge is 2.42. The third-order valence-electron chi connectivity index (χ3n) is 4.79. The van der Waals surface area contributed by atoms with Crippen LogP contribution in [-0.2, 0) is 19.0 Å². The zero-order valence-electron chi connectivity index (χ0n) is 11.6. The summed E-state index contributed by atoms with van der Waals surface area (Å²) in [5, 5.41) is 0. The number of carbonyl (C=O) groups excluding carboxylic acids is 1. The maximum Gasteiger partial charge on any atom is 0.167 e. The predicted octanol–water partition coefficient (Wildman–Crippen LogP) is 2.10. The average Bonchev–Trinajstić information content (AvgIpc) is 2.48.